The largest absolute Gasteiger partial charge is 0.394 e. The summed E-state index contributed by atoms with van der Waals surface area (Å²) in [7, 11) is 5.89. The van der Waals surface area contributed by atoms with E-state index in [2.05, 4.69) is 17.3 Å². The molecular formula is C13H28N2O2. The van der Waals surface area contributed by atoms with Gasteiger partial charge in [0.15, 0.2) is 0 Å². The summed E-state index contributed by atoms with van der Waals surface area (Å²) in [5.41, 5.74) is -0.0571. The molecule has 0 saturated heterocycles. The van der Waals surface area contributed by atoms with Crippen LogP contribution in [0, 0.1) is 0 Å². The molecule has 1 aliphatic carbocycles. The highest BCUT2D eigenvalue weighted by molar-refractivity contribution is 4.95. The lowest BCUT2D eigenvalue weighted by atomic mass is 9.79. The number of rotatable bonds is 7. The smallest absolute Gasteiger partial charge is 0.0613 e. The first-order chi connectivity index (χ1) is 8.17. The number of nitrogens with one attached hydrogen (secondary N) is 1. The molecule has 0 heterocycles. The summed E-state index contributed by atoms with van der Waals surface area (Å²) >= 11 is 0. The van der Waals surface area contributed by atoms with Crippen LogP contribution in [0.3, 0.4) is 0 Å². The molecule has 2 unspecified atom stereocenters. The molecule has 0 bridgehead atoms. The van der Waals surface area contributed by atoms with Crippen molar-refractivity contribution in [2.45, 2.75) is 43.7 Å². The van der Waals surface area contributed by atoms with Crippen LogP contribution in [0.1, 0.15) is 32.1 Å². The molecule has 2 atom stereocenters. The second-order valence-corrected chi connectivity index (χ2v) is 5.27. The van der Waals surface area contributed by atoms with Crippen molar-refractivity contribution in [1.82, 2.24) is 10.2 Å². The molecule has 1 aliphatic rings. The second kappa shape index (κ2) is 7.31. The van der Waals surface area contributed by atoms with Crippen LogP contribution in [-0.2, 0) is 4.74 Å². The van der Waals surface area contributed by atoms with Gasteiger partial charge in [0, 0.05) is 31.8 Å². The molecule has 0 aromatic carbocycles. The van der Waals surface area contributed by atoms with E-state index in [0.717, 1.165) is 32.4 Å². The Balaban J connectivity index is 2.42. The number of aliphatic hydroxyl groups excluding tert-OH is 1. The number of hydrogen-bond acceptors (Lipinski definition) is 4. The fourth-order valence-electron chi connectivity index (χ4n) is 2.80. The van der Waals surface area contributed by atoms with Crippen LogP contribution >= 0.6 is 0 Å². The highest BCUT2D eigenvalue weighted by Crippen LogP contribution is 2.30. The topological polar surface area (TPSA) is 44.7 Å². The zero-order valence-electron chi connectivity index (χ0n) is 11.5. The van der Waals surface area contributed by atoms with E-state index in [1.165, 1.54) is 12.8 Å². The molecule has 0 radical (unpaired) electrons. The summed E-state index contributed by atoms with van der Waals surface area (Å²) in [5, 5.41) is 12.9. The van der Waals surface area contributed by atoms with Gasteiger partial charge in [0.05, 0.1) is 6.61 Å². The van der Waals surface area contributed by atoms with Crippen LogP contribution in [0.2, 0.25) is 0 Å². The summed E-state index contributed by atoms with van der Waals surface area (Å²) in [5.74, 6) is 0. The quantitative estimate of drug-likeness (QED) is 0.652. The number of methoxy groups -OCH3 is 1. The normalized spacial score (nSPS) is 29.8. The summed E-state index contributed by atoms with van der Waals surface area (Å²) in [6, 6.07) is 0.584. The van der Waals surface area contributed by atoms with E-state index in [9.17, 15) is 5.11 Å². The Labute approximate surface area is 105 Å². The molecule has 1 fully saturated rings. The Morgan fingerprint density at radius 3 is 2.88 bits per heavy atom. The third kappa shape index (κ3) is 4.21. The van der Waals surface area contributed by atoms with E-state index in [1.807, 2.05) is 7.05 Å². The minimum atomic E-state index is -0.0571. The van der Waals surface area contributed by atoms with Crippen molar-refractivity contribution in [1.29, 1.82) is 0 Å². The van der Waals surface area contributed by atoms with Crippen molar-refractivity contribution in [3.05, 3.63) is 0 Å². The third-order valence-corrected chi connectivity index (χ3v) is 4.13. The van der Waals surface area contributed by atoms with Gasteiger partial charge in [0.1, 0.15) is 0 Å². The van der Waals surface area contributed by atoms with Crippen molar-refractivity contribution < 1.29 is 9.84 Å². The van der Waals surface area contributed by atoms with Crippen molar-refractivity contribution >= 4 is 0 Å². The van der Waals surface area contributed by atoms with Crippen LogP contribution in [0.5, 0.6) is 0 Å². The van der Waals surface area contributed by atoms with Gasteiger partial charge in [-0.25, -0.2) is 0 Å². The van der Waals surface area contributed by atoms with Crippen molar-refractivity contribution in [2.75, 3.05) is 41.0 Å². The maximum absolute atomic E-state index is 9.55. The molecule has 0 aromatic rings. The molecule has 4 heteroatoms. The van der Waals surface area contributed by atoms with Gasteiger partial charge in [0.25, 0.3) is 0 Å². The number of hydrogen-bond donors (Lipinski definition) is 2. The van der Waals surface area contributed by atoms with Crippen LogP contribution in [-0.4, -0.2) is 62.6 Å². The number of aliphatic hydroxyl groups is 1. The molecule has 2 N–H and O–H groups in total. The Morgan fingerprint density at radius 1 is 1.53 bits per heavy atom. The fraction of sp³-hybridized carbons (Fsp3) is 1.00. The zero-order valence-corrected chi connectivity index (χ0v) is 11.5. The van der Waals surface area contributed by atoms with Gasteiger partial charge in [-0.1, -0.05) is 0 Å². The molecule has 0 aromatic heterocycles. The molecule has 0 spiro atoms. The van der Waals surface area contributed by atoms with Gasteiger partial charge in [-0.05, 0) is 46.2 Å². The first-order valence-corrected chi connectivity index (χ1v) is 6.66. The lowest BCUT2D eigenvalue weighted by Gasteiger charge is -2.43. The number of nitrogens with zero attached hydrogens (tertiary/aromatic N) is 1. The Hall–Kier alpha value is -0.160. The molecule has 0 aliphatic heterocycles. The summed E-state index contributed by atoms with van der Waals surface area (Å²) in [6.45, 7) is 2.14. The van der Waals surface area contributed by atoms with Gasteiger partial charge < -0.3 is 20.1 Å². The van der Waals surface area contributed by atoms with Crippen LogP contribution < -0.4 is 5.32 Å². The molecule has 102 valence electrons. The monoisotopic (exact) mass is 244 g/mol. The Kier molecular flexibility index (Phi) is 6.41. The standard InChI is InChI=1S/C13H28N2O2/c1-14-13(11-16)7-4-6-12(10-13)15(2)8-5-9-17-3/h12,14,16H,4-11H2,1-3H3. The maximum atomic E-state index is 9.55. The van der Waals surface area contributed by atoms with Crippen LogP contribution in [0.25, 0.3) is 0 Å². The average Bonchev–Trinajstić information content (AvgIpc) is 2.39. The molecular weight excluding hydrogens is 216 g/mol. The first kappa shape index (κ1) is 14.9. The van der Waals surface area contributed by atoms with E-state index in [1.54, 1.807) is 7.11 Å². The van der Waals surface area contributed by atoms with Crippen LogP contribution in [0.15, 0.2) is 0 Å². The van der Waals surface area contributed by atoms with E-state index in [0.29, 0.717) is 6.04 Å². The van der Waals surface area contributed by atoms with Gasteiger partial charge in [-0.3, -0.25) is 0 Å². The minimum absolute atomic E-state index is 0.0571. The third-order valence-electron chi connectivity index (χ3n) is 4.13. The highest BCUT2D eigenvalue weighted by Gasteiger charge is 2.35. The Bertz CT molecular complexity index is 208. The average molecular weight is 244 g/mol. The summed E-state index contributed by atoms with van der Waals surface area (Å²) in [4.78, 5) is 2.42. The summed E-state index contributed by atoms with van der Waals surface area (Å²) in [6.07, 6.45) is 5.65. The van der Waals surface area contributed by atoms with E-state index >= 15 is 0 Å². The second-order valence-electron chi connectivity index (χ2n) is 5.27. The molecule has 17 heavy (non-hydrogen) atoms. The lowest BCUT2D eigenvalue weighted by molar-refractivity contribution is 0.0705. The zero-order chi connectivity index (χ0) is 12.7. The predicted octanol–water partition coefficient (Wildman–Crippen LogP) is 0.848. The highest BCUT2D eigenvalue weighted by atomic mass is 16.5. The first-order valence-electron chi connectivity index (χ1n) is 6.66. The Morgan fingerprint density at radius 2 is 2.29 bits per heavy atom. The molecule has 0 amide bonds. The SMILES string of the molecule is CNC1(CO)CCCC(N(C)CCCOC)C1. The number of likely N-dealkylation sites (N-methyl/N-ethyl adjacent to an activating group) is 1. The van der Waals surface area contributed by atoms with Gasteiger partial charge in [-0.15, -0.1) is 0 Å². The van der Waals surface area contributed by atoms with Gasteiger partial charge in [0.2, 0.25) is 0 Å². The summed E-state index contributed by atoms with van der Waals surface area (Å²) < 4.78 is 5.08. The van der Waals surface area contributed by atoms with E-state index in [4.69, 9.17) is 4.74 Å². The van der Waals surface area contributed by atoms with Crippen molar-refractivity contribution in [2.24, 2.45) is 0 Å². The van der Waals surface area contributed by atoms with E-state index < -0.39 is 0 Å². The minimum Gasteiger partial charge on any atom is -0.394 e. The van der Waals surface area contributed by atoms with Gasteiger partial charge >= 0.3 is 0 Å². The van der Waals surface area contributed by atoms with Crippen LogP contribution in [0.4, 0.5) is 0 Å². The van der Waals surface area contributed by atoms with Crippen molar-refractivity contribution in [3.63, 3.8) is 0 Å². The molecule has 1 saturated carbocycles. The van der Waals surface area contributed by atoms with Crippen molar-refractivity contribution in [3.8, 4) is 0 Å². The fourth-order valence-corrected chi connectivity index (χ4v) is 2.80. The number of ether oxygens (including phenoxy) is 1. The van der Waals surface area contributed by atoms with E-state index in [-0.39, 0.29) is 12.1 Å². The molecule has 1 rings (SSSR count). The van der Waals surface area contributed by atoms with Gasteiger partial charge in [-0.2, -0.15) is 0 Å². The maximum Gasteiger partial charge on any atom is 0.0613 e. The lowest BCUT2D eigenvalue weighted by Crippen LogP contribution is -2.54. The molecule has 4 nitrogen and oxygen atoms in total. The predicted molar refractivity (Wildman–Crippen MR) is 70.3 cm³/mol.